The van der Waals surface area contributed by atoms with Gasteiger partial charge in [-0.3, -0.25) is 4.90 Å². The van der Waals surface area contributed by atoms with Crippen molar-refractivity contribution in [1.82, 2.24) is 0 Å². The van der Waals surface area contributed by atoms with Crippen LogP contribution in [0.25, 0.3) is 0 Å². The topological polar surface area (TPSA) is 49.8 Å². The molecule has 1 aromatic carbocycles. The molecule has 0 aliphatic carbocycles. The first kappa shape index (κ1) is 13.4. The number of aromatic hydroxyl groups is 1. The van der Waals surface area contributed by atoms with Gasteiger partial charge in [-0.25, -0.2) is 4.79 Å². The van der Waals surface area contributed by atoms with Crippen molar-refractivity contribution in [2.24, 2.45) is 0 Å². The highest BCUT2D eigenvalue weighted by Crippen LogP contribution is 2.28. The van der Waals surface area contributed by atoms with Gasteiger partial charge in [0.2, 0.25) is 0 Å². The van der Waals surface area contributed by atoms with Crippen LogP contribution >= 0.6 is 0 Å². The van der Waals surface area contributed by atoms with Crippen molar-refractivity contribution < 1.29 is 14.6 Å². The zero-order valence-corrected chi connectivity index (χ0v) is 10.9. The van der Waals surface area contributed by atoms with Crippen LogP contribution in [0.2, 0.25) is 0 Å². The predicted molar refractivity (Wildman–Crippen MR) is 67.5 cm³/mol. The second-order valence-corrected chi connectivity index (χ2v) is 5.03. The summed E-state index contributed by atoms with van der Waals surface area (Å²) < 4.78 is 5.22. The molecule has 0 atom stereocenters. The molecule has 94 valence electrons. The molecule has 0 saturated carbocycles. The Labute approximate surface area is 102 Å². The Hall–Kier alpha value is -1.71. The number of hydrogen-bond donors (Lipinski definition) is 1. The third kappa shape index (κ3) is 3.66. The molecule has 0 aromatic heterocycles. The van der Waals surface area contributed by atoms with E-state index in [1.54, 1.807) is 40.0 Å². The molecule has 0 spiro atoms. The predicted octanol–water partition coefficient (Wildman–Crippen LogP) is 3.07. The van der Waals surface area contributed by atoms with Gasteiger partial charge in [0.15, 0.2) is 0 Å². The summed E-state index contributed by atoms with van der Waals surface area (Å²) in [6.07, 6.45) is -0.489. The smallest absolute Gasteiger partial charge is 0.414 e. The summed E-state index contributed by atoms with van der Waals surface area (Å²) in [5.74, 6) is 0.0679. The number of nitrogens with zero attached hydrogens (tertiary/aromatic N) is 1. The first-order valence-corrected chi connectivity index (χ1v) is 5.47. The maximum atomic E-state index is 11.8. The Morgan fingerprint density at radius 3 is 2.41 bits per heavy atom. The van der Waals surface area contributed by atoms with E-state index >= 15 is 0 Å². The number of phenols is 1. The van der Waals surface area contributed by atoms with Gasteiger partial charge in [0.05, 0.1) is 5.69 Å². The molecule has 1 rings (SSSR count). The lowest BCUT2D eigenvalue weighted by Crippen LogP contribution is -2.34. The molecule has 0 unspecified atom stereocenters. The second kappa shape index (κ2) is 4.65. The number of hydrogen-bond acceptors (Lipinski definition) is 3. The number of amides is 1. The maximum Gasteiger partial charge on any atom is 0.414 e. The number of phenolic OH excluding ortho intramolecular Hbond substituents is 1. The fraction of sp³-hybridized carbons (Fsp3) is 0.462. The van der Waals surface area contributed by atoms with Gasteiger partial charge in [-0.2, -0.15) is 0 Å². The SMILES string of the molecule is Cc1ccc(N(C)C(=O)OC(C)(C)C)c(O)c1. The van der Waals surface area contributed by atoms with Crippen LogP contribution < -0.4 is 4.90 Å². The quantitative estimate of drug-likeness (QED) is 0.816. The Morgan fingerprint density at radius 2 is 1.94 bits per heavy atom. The van der Waals surface area contributed by atoms with Gasteiger partial charge in [-0.15, -0.1) is 0 Å². The fourth-order valence-electron chi connectivity index (χ4n) is 1.35. The van der Waals surface area contributed by atoms with E-state index in [0.29, 0.717) is 5.69 Å². The van der Waals surface area contributed by atoms with E-state index in [9.17, 15) is 9.90 Å². The standard InChI is InChI=1S/C13H19NO3/c1-9-6-7-10(11(15)8-9)14(5)12(16)17-13(2,3)4/h6-8,15H,1-5H3. The third-order valence-electron chi connectivity index (χ3n) is 2.16. The van der Waals surface area contributed by atoms with Crippen molar-refractivity contribution in [3.05, 3.63) is 23.8 Å². The minimum Gasteiger partial charge on any atom is -0.506 e. The van der Waals surface area contributed by atoms with Gasteiger partial charge < -0.3 is 9.84 Å². The van der Waals surface area contributed by atoms with E-state index in [-0.39, 0.29) is 5.75 Å². The summed E-state index contributed by atoms with van der Waals surface area (Å²) in [5, 5.41) is 9.76. The average molecular weight is 237 g/mol. The molecule has 0 aliphatic heterocycles. The number of benzene rings is 1. The summed E-state index contributed by atoms with van der Waals surface area (Å²) in [7, 11) is 1.57. The molecule has 0 saturated heterocycles. The van der Waals surface area contributed by atoms with Crippen LogP contribution in [0.4, 0.5) is 10.5 Å². The molecule has 0 aliphatic rings. The summed E-state index contributed by atoms with van der Waals surface area (Å²) >= 11 is 0. The lowest BCUT2D eigenvalue weighted by molar-refractivity contribution is 0.0588. The summed E-state index contributed by atoms with van der Waals surface area (Å²) in [5.41, 5.74) is 0.819. The maximum absolute atomic E-state index is 11.8. The molecular formula is C13H19NO3. The van der Waals surface area contributed by atoms with E-state index in [4.69, 9.17) is 4.74 Å². The minimum absolute atomic E-state index is 0.0679. The normalized spacial score (nSPS) is 11.1. The van der Waals surface area contributed by atoms with Gasteiger partial charge in [0.1, 0.15) is 11.4 Å². The van der Waals surface area contributed by atoms with Gasteiger partial charge in [0.25, 0.3) is 0 Å². The Bertz CT molecular complexity index is 421. The summed E-state index contributed by atoms with van der Waals surface area (Å²) in [4.78, 5) is 13.1. The van der Waals surface area contributed by atoms with E-state index < -0.39 is 11.7 Å². The second-order valence-electron chi connectivity index (χ2n) is 5.03. The minimum atomic E-state index is -0.550. The molecule has 1 amide bonds. The molecule has 0 radical (unpaired) electrons. The first-order valence-electron chi connectivity index (χ1n) is 5.47. The van der Waals surface area contributed by atoms with Crippen LogP contribution in [0.5, 0.6) is 5.75 Å². The van der Waals surface area contributed by atoms with Crippen LogP contribution in [0.15, 0.2) is 18.2 Å². The largest absolute Gasteiger partial charge is 0.506 e. The van der Waals surface area contributed by atoms with Crippen LogP contribution in [-0.2, 0) is 4.74 Å². The fourth-order valence-corrected chi connectivity index (χ4v) is 1.35. The lowest BCUT2D eigenvalue weighted by Gasteiger charge is -2.25. The van der Waals surface area contributed by atoms with Crippen LogP contribution in [0.3, 0.4) is 0 Å². The van der Waals surface area contributed by atoms with Gasteiger partial charge in [-0.1, -0.05) is 6.07 Å². The molecule has 1 aromatic rings. The average Bonchev–Trinajstić information content (AvgIpc) is 2.14. The number of anilines is 1. The van der Waals surface area contributed by atoms with Crippen LogP contribution in [0, 0.1) is 6.92 Å². The zero-order valence-electron chi connectivity index (χ0n) is 10.9. The summed E-state index contributed by atoms with van der Waals surface area (Å²) in [6, 6.07) is 5.13. The Kier molecular flexibility index (Phi) is 3.66. The molecule has 4 nitrogen and oxygen atoms in total. The van der Waals surface area contributed by atoms with E-state index in [1.165, 1.54) is 4.90 Å². The van der Waals surface area contributed by atoms with Crippen molar-refractivity contribution in [3.63, 3.8) is 0 Å². The molecule has 0 bridgehead atoms. The number of carbonyl (C=O) groups is 1. The van der Waals surface area contributed by atoms with Crippen molar-refractivity contribution >= 4 is 11.8 Å². The van der Waals surface area contributed by atoms with Crippen molar-refractivity contribution in [2.45, 2.75) is 33.3 Å². The van der Waals surface area contributed by atoms with E-state index in [1.807, 2.05) is 13.0 Å². The van der Waals surface area contributed by atoms with Crippen molar-refractivity contribution in [2.75, 3.05) is 11.9 Å². The summed E-state index contributed by atoms with van der Waals surface area (Å²) in [6.45, 7) is 7.27. The highest BCUT2D eigenvalue weighted by molar-refractivity contribution is 5.89. The van der Waals surface area contributed by atoms with Crippen LogP contribution in [-0.4, -0.2) is 23.8 Å². The number of aryl methyl sites for hydroxylation is 1. The zero-order chi connectivity index (χ0) is 13.2. The Balaban J connectivity index is 2.89. The third-order valence-corrected chi connectivity index (χ3v) is 2.16. The van der Waals surface area contributed by atoms with E-state index in [0.717, 1.165) is 5.56 Å². The molecule has 0 heterocycles. The molecule has 0 fully saturated rings. The molecular weight excluding hydrogens is 218 g/mol. The van der Waals surface area contributed by atoms with Gasteiger partial charge >= 0.3 is 6.09 Å². The van der Waals surface area contributed by atoms with E-state index in [2.05, 4.69) is 0 Å². The molecule has 1 N–H and O–H groups in total. The molecule has 17 heavy (non-hydrogen) atoms. The van der Waals surface area contributed by atoms with Gasteiger partial charge in [0, 0.05) is 7.05 Å². The van der Waals surface area contributed by atoms with Crippen LogP contribution in [0.1, 0.15) is 26.3 Å². The lowest BCUT2D eigenvalue weighted by atomic mass is 10.2. The van der Waals surface area contributed by atoms with Crippen molar-refractivity contribution in [3.8, 4) is 5.75 Å². The monoisotopic (exact) mass is 237 g/mol. The van der Waals surface area contributed by atoms with Gasteiger partial charge in [-0.05, 0) is 45.4 Å². The van der Waals surface area contributed by atoms with Crippen molar-refractivity contribution in [1.29, 1.82) is 0 Å². The number of ether oxygens (including phenoxy) is 1. The number of carbonyl (C=O) groups excluding carboxylic acids is 1. The Morgan fingerprint density at radius 1 is 1.35 bits per heavy atom. The molecule has 4 heteroatoms. The highest BCUT2D eigenvalue weighted by atomic mass is 16.6. The first-order chi connectivity index (χ1) is 7.70. The number of rotatable bonds is 1. The highest BCUT2D eigenvalue weighted by Gasteiger charge is 2.21.